The molecule has 3 nitrogen and oxygen atoms in total. The zero-order valence-corrected chi connectivity index (χ0v) is 15.2. The largest absolute Gasteiger partial charge is 0.301 e. The summed E-state index contributed by atoms with van der Waals surface area (Å²) in [5.74, 6) is 0.917. The lowest BCUT2D eigenvalue weighted by Gasteiger charge is -2.47. The average Bonchev–Trinajstić information content (AvgIpc) is 2.42. The van der Waals surface area contributed by atoms with Crippen LogP contribution in [0.3, 0.4) is 0 Å². The highest BCUT2D eigenvalue weighted by atomic mass is 15.3. The summed E-state index contributed by atoms with van der Waals surface area (Å²) in [6.45, 7) is 20.6. The third-order valence-electron chi connectivity index (χ3n) is 5.70. The zero-order valence-electron chi connectivity index (χ0n) is 15.2. The maximum Gasteiger partial charge on any atom is 0.0198 e. The van der Waals surface area contributed by atoms with E-state index in [4.69, 9.17) is 0 Å². The molecule has 2 aliphatic rings. The van der Waals surface area contributed by atoms with Crippen LogP contribution in [0.15, 0.2) is 0 Å². The molecule has 2 atom stereocenters. The summed E-state index contributed by atoms with van der Waals surface area (Å²) in [4.78, 5) is 8.07. The highest BCUT2D eigenvalue weighted by molar-refractivity contribution is 4.88. The summed E-state index contributed by atoms with van der Waals surface area (Å²) in [7, 11) is 0. The standard InChI is InChI=1S/C18H37N3/c1-14(2)19-9-7-18(8-10-19)13-20-11-17(6)21(15(3)4)12-16(20)5/h14-18H,7-13H2,1-6H3/t16-,17+/m0/s1. The molecule has 0 aromatic rings. The SMILES string of the molecule is CC(C)N1CCC(CN2C[C@@H](C)N(C(C)C)C[C@@H]2C)CC1. The number of hydrogen-bond acceptors (Lipinski definition) is 3. The van der Waals surface area contributed by atoms with Gasteiger partial charge in [0.25, 0.3) is 0 Å². The molecule has 0 spiro atoms. The summed E-state index contributed by atoms with van der Waals surface area (Å²) < 4.78 is 0. The number of hydrogen-bond donors (Lipinski definition) is 0. The zero-order chi connectivity index (χ0) is 15.6. The molecule has 0 amide bonds. The van der Waals surface area contributed by atoms with Crippen LogP contribution in [0, 0.1) is 5.92 Å². The monoisotopic (exact) mass is 295 g/mol. The smallest absolute Gasteiger partial charge is 0.0198 e. The molecule has 2 rings (SSSR count). The van der Waals surface area contributed by atoms with Crippen molar-refractivity contribution in [2.24, 2.45) is 5.92 Å². The van der Waals surface area contributed by atoms with Crippen LogP contribution in [-0.4, -0.2) is 71.6 Å². The Morgan fingerprint density at radius 2 is 1.48 bits per heavy atom. The van der Waals surface area contributed by atoms with E-state index in [2.05, 4.69) is 56.2 Å². The molecule has 0 aromatic heterocycles. The first-order chi connectivity index (χ1) is 9.88. The topological polar surface area (TPSA) is 9.72 Å². The van der Waals surface area contributed by atoms with E-state index in [9.17, 15) is 0 Å². The molecule has 0 aromatic carbocycles. The number of likely N-dealkylation sites (tertiary alicyclic amines) is 1. The molecule has 124 valence electrons. The normalized spacial score (nSPS) is 31.4. The van der Waals surface area contributed by atoms with Gasteiger partial charge in [-0.1, -0.05) is 0 Å². The van der Waals surface area contributed by atoms with E-state index in [-0.39, 0.29) is 0 Å². The second-order valence-corrected chi connectivity index (χ2v) is 8.02. The van der Waals surface area contributed by atoms with Crippen LogP contribution in [0.25, 0.3) is 0 Å². The van der Waals surface area contributed by atoms with Crippen LogP contribution in [-0.2, 0) is 0 Å². The molecule has 3 heteroatoms. The van der Waals surface area contributed by atoms with Gasteiger partial charge in [0.05, 0.1) is 0 Å². The van der Waals surface area contributed by atoms with Crippen molar-refractivity contribution in [1.29, 1.82) is 0 Å². The van der Waals surface area contributed by atoms with Crippen molar-refractivity contribution in [2.75, 3.05) is 32.7 Å². The van der Waals surface area contributed by atoms with Crippen LogP contribution < -0.4 is 0 Å². The first-order valence-electron chi connectivity index (χ1n) is 9.12. The van der Waals surface area contributed by atoms with Crippen LogP contribution in [0.2, 0.25) is 0 Å². The van der Waals surface area contributed by atoms with Gasteiger partial charge in [-0.15, -0.1) is 0 Å². The van der Waals surface area contributed by atoms with Crippen molar-refractivity contribution in [3.8, 4) is 0 Å². The van der Waals surface area contributed by atoms with Gasteiger partial charge in [-0.05, 0) is 73.4 Å². The molecule has 0 saturated carbocycles. The van der Waals surface area contributed by atoms with Crippen molar-refractivity contribution in [3.63, 3.8) is 0 Å². The molecule has 2 saturated heterocycles. The fourth-order valence-corrected chi connectivity index (χ4v) is 4.18. The number of piperazine rings is 1. The van der Waals surface area contributed by atoms with Crippen molar-refractivity contribution in [2.45, 2.75) is 78.6 Å². The molecule has 2 aliphatic heterocycles. The van der Waals surface area contributed by atoms with E-state index in [1.807, 2.05) is 0 Å². The van der Waals surface area contributed by atoms with E-state index in [1.54, 1.807) is 0 Å². The Bertz CT molecular complexity index is 308. The second-order valence-electron chi connectivity index (χ2n) is 8.02. The van der Waals surface area contributed by atoms with Crippen LogP contribution >= 0.6 is 0 Å². The second kappa shape index (κ2) is 7.43. The van der Waals surface area contributed by atoms with Gasteiger partial charge < -0.3 is 4.90 Å². The summed E-state index contributed by atoms with van der Waals surface area (Å²) in [5.41, 5.74) is 0. The van der Waals surface area contributed by atoms with Gasteiger partial charge in [-0.2, -0.15) is 0 Å². The highest BCUT2D eigenvalue weighted by Gasteiger charge is 2.32. The minimum Gasteiger partial charge on any atom is -0.301 e. The minimum absolute atomic E-state index is 0.680. The molecular weight excluding hydrogens is 258 g/mol. The lowest BCUT2D eigenvalue weighted by atomic mass is 9.94. The first kappa shape index (κ1) is 17.2. The molecule has 0 unspecified atom stereocenters. The van der Waals surface area contributed by atoms with E-state index in [1.165, 1.54) is 45.6 Å². The van der Waals surface area contributed by atoms with E-state index in [0.29, 0.717) is 18.1 Å². The molecular formula is C18H37N3. The lowest BCUT2D eigenvalue weighted by molar-refractivity contribution is 0.00819. The maximum absolute atomic E-state index is 2.76. The maximum atomic E-state index is 2.76. The van der Waals surface area contributed by atoms with Crippen LogP contribution in [0.5, 0.6) is 0 Å². The Morgan fingerprint density at radius 1 is 0.857 bits per heavy atom. The van der Waals surface area contributed by atoms with Gasteiger partial charge in [0, 0.05) is 43.8 Å². The number of piperidine rings is 1. The van der Waals surface area contributed by atoms with Crippen LogP contribution in [0.1, 0.15) is 54.4 Å². The molecule has 21 heavy (non-hydrogen) atoms. The first-order valence-corrected chi connectivity index (χ1v) is 9.12. The minimum atomic E-state index is 0.680. The Labute approximate surface area is 132 Å². The Balaban J connectivity index is 1.81. The predicted molar refractivity (Wildman–Crippen MR) is 91.8 cm³/mol. The number of nitrogens with zero attached hydrogens (tertiary/aromatic N) is 3. The lowest BCUT2D eigenvalue weighted by Crippen LogP contribution is -2.59. The third-order valence-corrected chi connectivity index (χ3v) is 5.70. The molecule has 0 N–H and O–H groups in total. The summed E-state index contributed by atoms with van der Waals surface area (Å²) in [6.07, 6.45) is 2.79. The van der Waals surface area contributed by atoms with Gasteiger partial charge in [0.15, 0.2) is 0 Å². The summed E-state index contributed by atoms with van der Waals surface area (Å²) >= 11 is 0. The van der Waals surface area contributed by atoms with E-state index >= 15 is 0 Å². The van der Waals surface area contributed by atoms with Crippen molar-refractivity contribution in [1.82, 2.24) is 14.7 Å². The van der Waals surface area contributed by atoms with Gasteiger partial charge in [0.2, 0.25) is 0 Å². The third kappa shape index (κ3) is 4.43. The highest BCUT2D eigenvalue weighted by Crippen LogP contribution is 2.24. The molecule has 0 bridgehead atoms. The van der Waals surface area contributed by atoms with Crippen molar-refractivity contribution < 1.29 is 0 Å². The molecule has 0 radical (unpaired) electrons. The van der Waals surface area contributed by atoms with Gasteiger partial charge in [-0.25, -0.2) is 0 Å². The Kier molecular flexibility index (Phi) is 6.10. The average molecular weight is 296 g/mol. The number of rotatable bonds is 4. The molecule has 0 aliphatic carbocycles. The van der Waals surface area contributed by atoms with Gasteiger partial charge in [0.1, 0.15) is 0 Å². The summed E-state index contributed by atoms with van der Waals surface area (Å²) in [6, 6.07) is 2.82. The fraction of sp³-hybridized carbons (Fsp3) is 1.00. The molecule has 2 fully saturated rings. The van der Waals surface area contributed by atoms with Crippen LogP contribution in [0.4, 0.5) is 0 Å². The van der Waals surface area contributed by atoms with Gasteiger partial charge >= 0.3 is 0 Å². The quantitative estimate of drug-likeness (QED) is 0.789. The predicted octanol–water partition coefficient (Wildman–Crippen LogP) is 2.91. The Morgan fingerprint density at radius 3 is 2.00 bits per heavy atom. The van der Waals surface area contributed by atoms with Crippen molar-refractivity contribution in [3.05, 3.63) is 0 Å². The van der Waals surface area contributed by atoms with Crippen molar-refractivity contribution >= 4 is 0 Å². The van der Waals surface area contributed by atoms with E-state index in [0.717, 1.165) is 12.0 Å². The summed E-state index contributed by atoms with van der Waals surface area (Å²) in [5, 5.41) is 0. The van der Waals surface area contributed by atoms with E-state index < -0.39 is 0 Å². The van der Waals surface area contributed by atoms with Gasteiger partial charge in [-0.3, -0.25) is 9.80 Å². The molecule has 2 heterocycles. The fourth-order valence-electron chi connectivity index (χ4n) is 4.18. The Hall–Kier alpha value is -0.120.